The van der Waals surface area contributed by atoms with Crippen LogP contribution in [0.5, 0.6) is 0 Å². The number of nitrogens with two attached hydrogens (primary N) is 1. The van der Waals surface area contributed by atoms with E-state index in [0.29, 0.717) is 0 Å². The Hall–Kier alpha value is -1.52. The van der Waals surface area contributed by atoms with E-state index in [9.17, 15) is 0 Å². The van der Waals surface area contributed by atoms with Crippen LogP contribution in [-0.4, -0.2) is 4.98 Å². The van der Waals surface area contributed by atoms with Crippen molar-refractivity contribution in [3.8, 4) is 10.6 Å². The number of aryl methyl sites for hydroxylation is 1. The molecule has 90 valence electrons. The summed E-state index contributed by atoms with van der Waals surface area (Å²) in [5.41, 5.74) is 9.69. The summed E-state index contributed by atoms with van der Waals surface area (Å²) >= 11 is 6.21. The molecule has 2 nitrogen and oxygen atoms in total. The zero-order valence-electron chi connectivity index (χ0n) is 9.84. The largest absolute Gasteiger partial charge is 0.399 e. The predicted molar refractivity (Wildman–Crippen MR) is 81.5 cm³/mol. The van der Waals surface area contributed by atoms with Gasteiger partial charge in [0.2, 0.25) is 0 Å². The van der Waals surface area contributed by atoms with Crippen LogP contribution in [-0.2, 0) is 0 Å². The van der Waals surface area contributed by atoms with E-state index in [-0.39, 0.29) is 0 Å². The molecule has 0 fully saturated rings. The summed E-state index contributed by atoms with van der Waals surface area (Å²) in [5.74, 6) is 0. The van der Waals surface area contributed by atoms with Crippen LogP contribution in [0.1, 0.15) is 5.56 Å². The molecule has 2 N–H and O–H groups in total. The third-order valence-corrected chi connectivity index (χ3v) is 4.53. The lowest BCUT2D eigenvalue weighted by atomic mass is 10.2. The van der Waals surface area contributed by atoms with Gasteiger partial charge in [0, 0.05) is 16.1 Å². The maximum atomic E-state index is 5.69. The fourth-order valence-electron chi connectivity index (χ4n) is 1.83. The van der Waals surface area contributed by atoms with Crippen molar-refractivity contribution in [2.75, 3.05) is 5.73 Å². The first-order valence-corrected chi connectivity index (χ1v) is 6.86. The lowest BCUT2D eigenvalue weighted by molar-refractivity contribution is 1.32. The Kier molecular flexibility index (Phi) is 2.76. The summed E-state index contributed by atoms with van der Waals surface area (Å²) in [7, 11) is 0. The Morgan fingerprint density at radius 2 is 1.83 bits per heavy atom. The number of thiazole rings is 1. The number of thiol groups is 1. The van der Waals surface area contributed by atoms with Crippen molar-refractivity contribution < 1.29 is 0 Å². The summed E-state index contributed by atoms with van der Waals surface area (Å²) in [6.45, 7) is 2.05. The quantitative estimate of drug-likeness (QED) is 0.516. The number of aromatic nitrogens is 1. The maximum Gasteiger partial charge on any atom is 0.124 e. The Morgan fingerprint density at radius 3 is 2.56 bits per heavy atom. The molecule has 1 heterocycles. The average Bonchev–Trinajstić information content (AvgIpc) is 2.80. The fourth-order valence-corrected chi connectivity index (χ4v) is 3.13. The highest BCUT2D eigenvalue weighted by molar-refractivity contribution is 7.80. The van der Waals surface area contributed by atoms with E-state index in [2.05, 4.69) is 29.7 Å². The molecule has 0 aliphatic rings. The van der Waals surface area contributed by atoms with Gasteiger partial charge in [0.25, 0.3) is 0 Å². The molecule has 18 heavy (non-hydrogen) atoms. The maximum absolute atomic E-state index is 5.69. The van der Waals surface area contributed by atoms with E-state index in [1.165, 1.54) is 0 Å². The zero-order chi connectivity index (χ0) is 12.7. The van der Waals surface area contributed by atoms with Gasteiger partial charge in [-0.2, -0.15) is 0 Å². The number of nitrogens with zero attached hydrogens (tertiary/aromatic N) is 1. The van der Waals surface area contributed by atoms with Gasteiger partial charge in [-0.05, 0) is 42.8 Å². The van der Waals surface area contributed by atoms with Gasteiger partial charge in [-0.15, -0.1) is 24.0 Å². The van der Waals surface area contributed by atoms with Gasteiger partial charge in [0.15, 0.2) is 0 Å². The fraction of sp³-hybridized carbons (Fsp3) is 0.0714. The number of rotatable bonds is 1. The minimum absolute atomic E-state index is 0.769. The molecular weight excluding hydrogens is 260 g/mol. The molecule has 2 aromatic carbocycles. The van der Waals surface area contributed by atoms with Crippen molar-refractivity contribution in [3.63, 3.8) is 0 Å². The topological polar surface area (TPSA) is 38.9 Å². The number of hydrogen-bond acceptors (Lipinski definition) is 4. The minimum Gasteiger partial charge on any atom is -0.399 e. The van der Waals surface area contributed by atoms with E-state index < -0.39 is 0 Å². The lowest BCUT2D eigenvalue weighted by Crippen LogP contribution is -1.83. The summed E-state index contributed by atoms with van der Waals surface area (Å²) in [4.78, 5) is 5.64. The Labute approximate surface area is 115 Å². The average molecular weight is 272 g/mol. The van der Waals surface area contributed by atoms with Crippen LogP contribution in [0.2, 0.25) is 0 Å². The summed E-state index contributed by atoms with van der Waals surface area (Å²) in [6.07, 6.45) is 0. The highest BCUT2D eigenvalue weighted by Gasteiger charge is 2.09. The Morgan fingerprint density at radius 1 is 1.11 bits per heavy atom. The number of fused-ring (bicyclic) bond motifs is 1. The van der Waals surface area contributed by atoms with Crippen LogP contribution in [0.25, 0.3) is 20.8 Å². The van der Waals surface area contributed by atoms with Gasteiger partial charge in [-0.25, -0.2) is 4.98 Å². The van der Waals surface area contributed by atoms with Gasteiger partial charge < -0.3 is 5.73 Å². The third-order valence-electron chi connectivity index (χ3n) is 2.89. The molecule has 1 aromatic heterocycles. The van der Waals surface area contributed by atoms with Crippen LogP contribution in [0.4, 0.5) is 5.69 Å². The number of benzene rings is 2. The molecule has 0 saturated carbocycles. The standard InChI is InChI=1S/C14H12N2S2/c1-8-2-7-11-12(13(8)17)16-14(18-11)9-3-5-10(15)6-4-9/h2-7,17H,15H2,1H3. The molecule has 0 amide bonds. The molecule has 0 saturated heterocycles. The number of nitrogen functional groups attached to an aromatic ring is 1. The van der Waals surface area contributed by atoms with Crippen molar-refractivity contribution in [3.05, 3.63) is 42.0 Å². The van der Waals surface area contributed by atoms with Crippen LogP contribution < -0.4 is 5.73 Å². The molecule has 0 aliphatic carbocycles. The van der Waals surface area contributed by atoms with Crippen molar-refractivity contribution in [2.24, 2.45) is 0 Å². The van der Waals surface area contributed by atoms with Crippen LogP contribution in [0.3, 0.4) is 0 Å². The highest BCUT2D eigenvalue weighted by atomic mass is 32.1. The second-order valence-electron chi connectivity index (χ2n) is 4.22. The van der Waals surface area contributed by atoms with Gasteiger partial charge in [-0.1, -0.05) is 6.07 Å². The predicted octanol–water partition coefficient (Wildman–Crippen LogP) is 4.14. The van der Waals surface area contributed by atoms with Gasteiger partial charge in [0.05, 0.1) is 10.2 Å². The van der Waals surface area contributed by atoms with E-state index in [1.54, 1.807) is 11.3 Å². The third kappa shape index (κ3) is 1.87. The van der Waals surface area contributed by atoms with Crippen molar-refractivity contribution >= 4 is 39.9 Å². The summed E-state index contributed by atoms with van der Waals surface area (Å²) in [5, 5.41) is 1.01. The van der Waals surface area contributed by atoms with E-state index in [0.717, 1.165) is 36.9 Å². The molecule has 4 heteroatoms. The molecule has 0 unspecified atom stereocenters. The Balaban J connectivity index is 2.19. The van der Waals surface area contributed by atoms with E-state index in [1.807, 2.05) is 31.2 Å². The minimum atomic E-state index is 0.769. The van der Waals surface area contributed by atoms with Crippen LogP contribution >= 0.6 is 24.0 Å². The van der Waals surface area contributed by atoms with E-state index in [4.69, 9.17) is 5.73 Å². The number of anilines is 1. The number of hydrogen-bond donors (Lipinski definition) is 2. The normalized spacial score (nSPS) is 11.0. The molecule has 0 aliphatic heterocycles. The lowest BCUT2D eigenvalue weighted by Gasteiger charge is -1.97. The SMILES string of the molecule is Cc1ccc2sc(-c3ccc(N)cc3)nc2c1S. The van der Waals surface area contributed by atoms with Gasteiger partial charge in [0.1, 0.15) is 5.01 Å². The summed E-state index contributed by atoms with van der Waals surface area (Å²) < 4.78 is 1.16. The van der Waals surface area contributed by atoms with Crippen LogP contribution in [0, 0.1) is 6.92 Å². The van der Waals surface area contributed by atoms with E-state index >= 15 is 0 Å². The molecule has 0 radical (unpaired) electrons. The highest BCUT2D eigenvalue weighted by Crippen LogP contribution is 2.34. The second kappa shape index (κ2) is 4.30. The van der Waals surface area contributed by atoms with Crippen molar-refractivity contribution in [1.82, 2.24) is 4.98 Å². The molecule has 0 spiro atoms. The van der Waals surface area contributed by atoms with Gasteiger partial charge >= 0.3 is 0 Å². The Bertz CT molecular complexity index is 714. The molecule has 3 rings (SSSR count). The van der Waals surface area contributed by atoms with Crippen molar-refractivity contribution in [1.29, 1.82) is 0 Å². The first kappa shape index (κ1) is 11.6. The van der Waals surface area contributed by atoms with Crippen molar-refractivity contribution in [2.45, 2.75) is 11.8 Å². The smallest absolute Gasteiger partial charge is 0.124 e. The zero-order valence-corrected chi connectivity index (χ0v) is 11.6. The summed E-state index contributed by atoms with van der Waals surface area (Å²) in [6, 6.07) is 12.0. The second-order valence-corrected chi connectivity index (χ2v) is 5.70. The molecule has 3 aromatic rings. The first-order chi connectivity index (χ1) is 8.65. The van der Waals surface area contributed by atoms with Gasteiger partial charge in [-0.3, -0.25) is 0 Å². The van der Waals surface area contributed by atoms with Crippen LogP contribution in [0.15, 0.2) is 41.3 Å². The first-order valence-electron chi connectivity index (χ1n) is 5.60. The molecular formula is C14H12N2S2. The monoisotopic (exact) mass is 272 g/mol. The molecule has 0 atom stereocenters. The molecule has 0 bridgehead atoms.